The van der Waals surface area contributed by atoms with Gasteiger partial charge in [-0.15, -0.1) is 0 Å². The number of hydrogen-bond acceptors (Lipinski definition) is 3. The van der Waals surface area contributed by atoms with Gasteiger partial charge in [-0.1, -0.05) is 20.8 Å². The first-order valence-electron chi connectivity index (χ1n) is 6.93. The Labute approximate surface area is 114 Å². The van der Waals surface area contributed by atoms with Crippen molar-refractivity contribution in [2.24, 2.45) is 5.41 Å². The SMILES string of the molecule is CCS(=O)(=O)CCCC(C)(C)CCNC(C)(C)C. The van der Waals surface area contributed by atoms with Crippen LogP contribution in [0.2, 0.25) is 0 Å². The second kappa shape index (κ2) is 6.90. The summed E-state index contributed by atoms with van der Waals surface area (Å²) in [6.07, 6.45) is 2.83. The number of nitrogens with one attached hydrogen (secondary N) is 1. The molecule has 0 saturated carbocycles. The van der Waals surface area contributed by atoms with Crippen molar-refractivity contribution >= 4 is 9.84 Å². The van der Waals surface area contributed by atoms with E-state index in [1.54, 1.807) is 6.92 Å². The number of hydrogen-bond donors (Lipinski definition) is 1. The molecule has 110 valence electrons. The zero-order valence-electron chi connectivity index (χ0n) is 13.0. The predicted octanol–water partition coefficient (Wildman–Crippen LogP) is 3.01. The molecule has 0 aromatic rings. The van der Waals surface area contributed by atoms with Crippen molar-refractivity contribution in [2.45, 2.75) is 66.3 Å². The van der Waals surface area contributed by atoms with Crippen molar-refractivity contribution in [1.82, 2.24) is 5.32 Å². The van der Waals surface area contributed by atoms with E-state index >= 15 is 0 Å². The van der Waals surface area contributed by atoms with E-state index in [0.29, 0.717) is 5.75 Å². The minimum Gasteiger partial charge on any atom is -0.312 e. The molecule has 0 amide bonds. The summed E-state index contributed by atoms with van der Waals surface area (Å²) in [6.45, 7) is 13.6. The van der Waals surface area contributed by atoms with Crippen LogP contribution in [0.15, 0.2) is 0 Å². The molecular formula is C14H31NO2S. The van der Waals surface area contributed by atoms with E-state index in [1.165, 1.54) is 0 Å². The summed E-state index contributed by atoms with van der Waals surface area (Å²) in [6, 6.07) is 0. The summed E-state index contributed by atoms with van der Waals surface area (Å²) >= 11 is 0. The highest BCUT2D eigenvalue weighted by molar-refractivity contribution is 7.91. The van der Waals surface area contributed by atoms with Crippen molar-refractivity contribution in [1.29, 1.82) is 0 Å². The normalized spacial score (nSPS) is 13.9. The van der Waals surface area contributed by atoms with Crippen LogP contribution in [-0.2, 0) is 9.84 Å². The van der Waals surface area contributed by atoms with Crippen LogP contribution < -0.4 is 5.32 Å². The zero-order valence-corrected chi connectivity index (χ0v) is 13.8. The van der Waals surface area contributed by atoms with Crippen molar-refractivity contribution in [3.8, 4) is 0 Å². The molecular weight excluding hydrogens is 246 g/mol. The van der Waals surface area contributed by atoms with Crippen LogP contribution in [0, 0.1) is 5.41 Å². The topological polar surface area (TPSA) is 46.2 Å². The van der Waals surface area contributed by atoms with Gasteiger partial charge in [0.15, 0.2) is 0 Å². The van der Waals surface area contributed by atoms with Crippen LogP contribution in [0.3, 0.4) is 0 Å². The standard InChI is InChI=1S/C14H31NO2S/c1-7-18(16,17)12-8-9-14(5,6)10-11-15-13(2,3)4/h15H,7-12H2,1-6H3. The first-order valence-corrected chi connectivity index (χ1v) is 8.75. The lowest BCUT2D eigenvalue weighted by Crippen LogP contribution is -2.38. The molecule has 0 aromatic carbocycles. The largest absolute Gasteiger partial charge is 0.312 e. The van der Waals surface area contributed by atoms with Gasteiger partial charge in [-0.2, -0.15) is 0 Å². The molecule has 0 bridgehead atoms. The van der Waals surface area contributed by atoms with E-state index in [1.807, 2.05) is 0 Å². The molecule has 1 N–H and O–H groups in total. The Kier molecular flexibility index (Phi) is 6.86. The van der Waals surface area contributed by atoms with Gasteiger partial charge in [0.1, 0.15) is 9.84 Å². The molecule has 0 atom stereocenters. The average molecular weight is 277 g/mol. The van der Waals surface area contributed by atoms with E-state index < -0.39 is 9.84 Å². The Morgan fingerprint density at radius 3 is 2.00 bits per heavy atom. The Morgan fingerprint density at radius 2 is 1.56 bits per heavy atom. The molecule has 0 aliphatic rings. The molecule has 0 fully saturated rings. The number of rotatable bonds is 8. The smallest absolute Gasteiger partial charge is 0.150 e. The van der Waals surface area contributed by atoms with Crippen molar-refractivity contribution in [2.75, 3.05) is 18.1 Å². The quantitative estimate of drug-likeness (QED) is 0.742. The minimum absolute atomic E-state index is 0.154. The Balaban J connectivity index is 3.94. The summed E-state index contributed by atoms with van der Waals surface area (Å²) in [5.41, 5.74) is 0.364. The molecule has 0 unspecified atom stereocenters. The molecule has 18 heavy (non-hydrogen) atoms. The maximum atomic E-state index is 11.4. The van der Waals surface area contributed by atoms with Crippen LogP contribution in [0.5, 0.6) is 0 Å². The summed E-state index contributed by atoms with van der Waals surface area (Å²) in [7, 11) is -2.80. The van der Waals surface area contributed by atoms with Gasteiger partial charge in [0, 0.05) is 11.3 Å². The lowest BCUT2D eigenvalue weighted by Gasteiger charge is -2.28. The Hall–Kier alpha value is -0.0900. The van der Waals surface area contributed by atoms with Crippen molar-refractivity contribution < 1.29 is 8.42 Å². The Bertz CT molecular complexity index is 326. The summed E-state index contributed by atoms with van der Waals surface area (Å²) in [5, 5.41) is 3.48. The van der Waals surface area contributed by atoms with Gasteiger partial charge in [-0.05, 0) is 52.0 Å². The number of sulfone groups is 1. The summed E-state index contributed by atoms with van der Waals surface area (Å²) in [4.78, 5) is 0. The minimum atomic E-state index is -2.80. The molecule has 0 rings (SSSR count). The molecule has 3 nitrogen and oxygen atoms in total. The monoisotopic (exact) mass is 277 g/mol. The summed E-state index contributed by atoms with van der Waals surface area (Å²) in [5.74, 6) is 0.596. The van der Waals surface area contributed by atoms with Gasteiger partial charge >= 0.3 is 0 Å². The van der Waals surface area contributed by atoms with Crippen molar-refractivity contribution in [3.63, 3.8) is 0 Å². The third-order valence-corrected chi connectivity index (χ3v) is 5.00. The molecule has 0 radical (unpaired) electrons. The van der Waals surface area contributed by atoms with E-state index in [-0.39, 0.29) is 16.7 Å². The average Bonchev–Trinajstić information content (AvgIpc) is 2.14. The lowest BCUT2D eigenvalue weighted by molar-refractivity contribution is 0.282. The first kappa shape index (κ1) is 17.9. The molecule has 0 aromatic heterocycles. The zero-order chi connectivity index (χ0) is 14.4. The van der Waals surface area contributed by atoms with Gasteiger partial charge in [0.25, 0.3) is 0 Å². The van der Waals surface area contributed by atoms with Crippen LogP contribution in [0.25, 0.3) is 0 Å². The highest BCUT2D eigenvalue weighted by Crippen LogP contribution is 2.26. The van der Waals surface area contributed by atoms with Crippen LogP contribution >= 0.6 is 0 Å². The highest BCUT2D eigenvalue weighted by atomic mass is 32.2. The fourth-order valence-electron chi connectivity index (χ4n) is 1.82. The van der Waals surface area contributed by atoms with Gasteiger partial charge < -0.3 is 5.32 Å². The second-order valence-electron chi connectivity index (χ2n) is 6.93. The third-order valence-electron chi connectivity index (χ3n) is 3.21. The van der Waals surface area contributed by atoms with Gasteiger partial charge in [0.2, 0.25) is 0 Å². The van der Waals surface area contributed by atoms with E-state index in [4.69, 9.17) is 0 Å². The molecule has 0 saturated heterocycles. The third kappa shape index (κ3) is 9.89. The van der Waals surface area contributed by atoms with Crippen LogP contribution in [0.1, 0.15) is 60.8 Å². The fourth-order valence-corrected chi connectivity index (χ4v) is 2.69. The molecule has 0 aliphatic carbocycles. The van der Waals surface area contributed by atoms with Crippen LogP contribution in [0.4, 0.5) is 0 Å². The lowest BCUT2D eigenvalue weighted by atomic mass is 9.84. The second-order valence-corrected chi connectivity index (χ2v) is 9.40. The molecule has 0 heterocycles. The van der Waals surface area contributed by atoms with Crippen molar-refractivity contribution in [3.05, 3.63) is 0 Å². The summed E-state index contributed by atoms with van der Waals surface area (Å²) < 4.78 is 22.8. The van der Waals surface area contributed by atoms with Gasteiger partial charge in [-0.3, -0.25) is 0 Å². The molecule has 4 heteroatoms. The van der Waals surface area contributed by atoms with E-state index in [2.05, 4.69) is 39.9 Å². The first-order chi connectivity index (χ1) is 7.97. The maximum Gasteiger partial charge on any atom is 0.150 e. The molecule has 0 aliphatic heterocycles. The maximum absolute atomic E-state index is 11.4. The highest BCUT2D eigenvalue weighted by Gasteiger charge is 2.20. The van der Waals surface area contributed by atoms with Gasteiger partial charge in [-0.25, -0.2) is 8.42 Å². The van der Waals surface area contributed by atoms with E-state index in [9.17, 15) is 8.42 Å². The Morgan fingerprint density at radius 1 is 1.00 bits per heavy atom. The van der Waals surface area contributed by atoms with E-state index in [0.717, 1.165) is 25.8 Å². The van der Waals surface area contributed by atoms with Gasteiger partial charge in [0.05, 0.1) is 5.75 Å². The predicted molar refractivity (Wildman–Crippen MR) is 79.7 cm³/mol. The molecule has 0 spiro atoms. The van der Waals surface area contributed by atoms with Crippen LogP contribution in [-0.4, -0.2) is 32.0 Å². The fraction of sp³-hybridized carbons (Fsp3) is 1.00.